The van der Waals surface area contributed by atoms with Crippen molar-refractivity contribution in [2.24, 2.45) is 22.9 Å². The third-order valence-electron chi connectivity index (χ3n) is 18.8. The number of phenols is 20. The molecule has 1 fully saturated rings. The van der Waals surface area contributed by atoms with Crippen LogP contribution in [0.15, 0.2) is 121 Å². The maximum absolute atomic E-state index is 15.6. The average molecular weight is 1920 g/mol. The first-order valence-corrected chi connectivity index (χ1v) is 39.4. The second-order valence-corrected chi connectivity index (χ2v) is 28.4. The molecule has 1 aliphatic heterocycles. The lowest BCUT2D eigenvalue weighted by Crippen LogP contribution is -2.63. The van der Waals surface area contributed by atoms with E-state index in [1.54, 1.807) is 6.92 Å². The highest BCUT2D eigenvalue weighted by Gasteiger charge is 2.55. The van der Waals surface area contributed by atoms with Gasteiger partial charge in [-0.25, -0.2) is 47.9 Å². The van der Waals surface area contributed by atoms with Crippen molar-refractivity contribution < 1.29 is 226 Å². The van der Waals surface area contributed by atoms with Gasteiger partial charge in [-0.05, 0) is 128 Å². The smallest absolute Gasteiger partial charge is 0.343 e. The van der Waals surface area contributed by atoms with Gasteiger partial charge in [-0.2, -0.15) is 0 Å². The van der Waals surface area contributed by atoms with Crippen LogP contribution >= 0.6 is 0 Å². The Morgan fingerprint density at radius 3 is 0.737 bits per heavy atom. The monoisotopic (exact) mass is 1910 g/mol. The van der Waals surface area contributed by atoms with Crippen LogP contribution in [0.4, 0.5) is 0 Å². The van der Waals surface area contributed by atoms with Crippen LogP contribution in [-0.4, -0.2) is 258 Å². The van der Waals surface area contributed by atoms with Crippen LogP contribution in [0.25, 0.3) is 0 Å². The molecule has 50 nitrogen and oxygen atoms in total. The van der Waals surface area contributed by atoms with Crippen LogP contribution in [0.5, 0.6) is 172 Å². The summed E-state index contributed by atoms with van der Waals surface area (Å²) >= 11 is 0. The molecule has 0 aromatic heterocycles. The molecular weight excluding hydrogens is 1840 g/mol. The Labute approximate surface area is 764 Å². The van der Waals surface area contributed by atoms with Gasteiger partial charge in [0.15, 0.2) is 127 Å². The Hall–Kier alpha value is -18.3. The highest BCUT2D eigenvalue weighted by molar-refractivity contribution is 6.00. The maximum Gasteiger partial charge on any atom is 0.343 e. The fourth-order valence-electron chi connectivity index (χ4n) is 12.3. The Morgan fingerprint density at radius 2 is 0.460 bits per heavy atom. The largest absolute Gasteiger partial charge is 0.504 e. The van der Waals surface area contributed by atoms with Crippen molar-refractivity contribution in [3.05, 3.63) is 177 Å². The van der Waals surface area contributed by atoms with Gasteiger partial charge in [0.2, 0.25) is 69.9 Å². The third-order valence-corrected chi connectivity index (χ3v) is 18.8. The summed E-state index contributed by atoms with van der Waals surface area (Å²) in [5, 5.41) is 219. The van der Waals surface area contributed by atoms with Crippen molar-refractivity contribution in [1.82, 2.24) is 0 Å². The number of hydrogen-bond donors (Lipinski definition) is 24. The second kappa shape index (κ2) is 42.7. The van der Waals surface area contributed by atoms with Gasteiger partial charge in [-0.15, -0.1) is 0 Å². The SMILES string of the molecule is CCCOc1cc(C(=O)Oc2cc(C(=O)OC3C(OC(=O)c4cc(O)c(O)c(OC(=O)c5cc(O)c(OCCN)c(O)c5)c4)OC(COC(=O)c4cc(O)c(O)c(OC(=O)c5cc(O)c(O)c(OCCN)c5)c4)C(OC(=O)c4cc(O)c(O)c(OC(=O)c5cc(O)c(O)c(OCCN)c5)c4)C3OC(=O)c3cc(O)c(O)c(OC(=O)c4cc(O)c(OCCN)c(O)c4)c3)cc(O)c2O)cc(O)c1O. The van der Waals surface area contributed by atoms with Gasteiger partial charge in [0.25, 0.3) is 0 Å². The predicted octanol–water partition coefficient (Wildman–Crippen LogP) is 4.45. The number of carbonyl (C=O) groups excluding carboxylic acids is 10. The topological polar surface area (TPSA) is 827 Å². The number of nitrogens with two attached hydrogens (primary N) is 4. The van der Waals surface area contributed by atoms with Crippen LogP contribution < -0.4 is 70.3 Å². The van der Waals surface area contributed by atoms with E-state index in [2.05, 4.69) is 0 Å². The minimum absolute atomic E-state index is 0.113. The van der Waals surface area contributed by atoms with E-state index in [-0.39, 0.29) is 59.2 Å². The zero-order chi connectivity index (χ0) is 100.0. The molecule has 11 rings (SSSR count). The summed E-state index contributed by atoms with van der Waals surface area (Å²) in [6, 6.07) is 11.0. The van der Waals surface area contributed by atoms with Crippen LogP contribution in [-0.2, 0) is 28.4 Å². The van der Waals surface area contributed by atoms with Crippen molar-refractivity contribution >= 4 is 59.7 Å². The van der Waals surface area contributed by atoms with Crippen molar-refractivity contribution in [1.29, 1.82) is 0 Å². The lowest BCUT2D eigenvalue weighted by atomic mass is 9.97. The quantitative estimate of drug-likeness (QED) is 0.0112. The number of carbonyl (C=O) groups is 10. The first kappa shape index (κ1) is 99.3. The molecule has 0 saturated carbocycles. The molecular formula is C87H78N4O46. The minimum atomic E-state index is -3.10. The summed E-state index contributed by atoms with van der Waals surface area (Å²) in [5.41, 5.74) is 12.9. The average Bonchev–Trinajstić information content (AvgIpc) is 0.761. The molecule has 722 valence electrons. The molecule has 137 heavy (non-hydrogen) atoms. The lowest BCUT2D eigenvalue weighted by molar-refractivity contribution is -0.282. The lowest BCUT2D eigenvalue weighted by Gasteiger charge is -2.43. The van der Waals surface area contributed by atoms with Crippen LogP contribution in [0.3, 0.4) is 0 Å². The Balaban J connectivity index is 1.09. The molecule has 0 bridgehead atoms. The molecule has 0 radical (unpaired) electrons. The molecule has 0 spiro atoms. The van der Waals surface area contributed by atoms with E-state index in [1.807, 2.05) is 0 Å². The van der Waals surface area contributed by atoms with Gasteiger partial charge in [0.1, 0.15) is 39.1 Å². The van der Waals surface area contributed by atoms with Crippen molar-refractivity contribution in [3.8, 4) is 172 Å². The van der Waals surface area contributed by atoms with E-state index in [9.17, 15) is 131 Å². The Bertz CT molecular complexity index is 6370. The highest BCUT2D eigenvalue weighted by atomic mass is 16.8. The van der Waals surface area contributed by atoms with Gasteiger partial charge in [0.05, 0.1) is 62.2 Å². The second-order valence-electron chi connectivity index (χ2n) is 28.4. The number of hydrogen-bond acceptors (Lipinski definition) is 50. The number of rotatable bonds is 36. The van der Waals surface area contributed by atoms with Gasteiger partial charge < -0.3 is 201 Å². The zero-order valence-electron chi connectivity index (χ0n) is 70.1. The van der Waals surface area contributed by atoms with Crippen molar-refractivity contribution in [2.75, 3.05) is 65.8 Å². The Kier molecular flexibility index (Phi) is 31.0. The van der Waals surface area contributed by atoms with Crippen LogP contribution in [0, 0.1) is 0 Å². The first-order valence-electron chi connectivity index (χ1n) is 39.4. The van der Waals surface area contributed by atoms with Gasteiger partial charge in [-0.1, -0.05) is 6.92 Å². The van der Waals surface area contributed by atoms with E-state index >= 15 is 19.2 Å². The van der Waals surface area contributed by atoms with E-state index in [0.29, 0.717) is 110 Å². The fourth-order valence-corrected chi connectivity index (χ4v) is 12.3. The van der Waals surface area contributed by atoms with Crippen molar-refractivity contribution in [2.45, 2.75) is 44.1 Å². The molecule has 0 amide bonds. The molecule has 5 atom stereocenters. The summed E-state index contributed by atoms with van der Waals surface area (Å²) in [7, 11) is 0. The molecule has 5 unspecified atom stereocenters. The minimum Gasteiger partial charge on any atom is -0.504 e. The zero-order valence-corrected chi connectivity index (χ0v) is 70.1. The molecule has 28 N–H and O–H groups in total. The summed E-state index contributed by atoms with van der Waals surface area (Å²) in [6.45, 7) is -2.01. The van der Waals surface area contributed by atoms with E-state index < -0.39 is 325 Å². The van der Waals surface area contributed by atoms with E-state index in [4.69, 9.17) is 98.7 Å². The van der Waals surface area contributed by atoms with E-state index in [0.717, 1.165) is 18.2 Å². The Morgan fingerprint density at radius 1 is 0.248 bits per heavy atom. The summed E-state index contributed by atoms with van der Waals surface area (Å²) in [6.07, 6.45) is -14.7. The number of aromatic hydroxyl groups is 20. The van der Waals surface area contributed by atoms with Gasteiger partial charge in [-0.3, -0.25) is 0 Å². The third kappa shape index (κ3) is 22.8. The first-order chi connectivity index (χ1) is 65.0. The molecule has 50 heteroatoms. The fraction of sp³-hybridized carbons (Fsp3) is 0.195. The molecule has 10 aromatic carbocycles. The normalized spacial score (nSPS) is 14.2. The molecule has 1 heterocycles. The van der Waals surface area contributed by atoms with Crippen molar-refractivity contribution in [3.63, 3.8) is 0 Å². The summed E-state index contributed by atoms with van der Waals surface area (Å²) in [4.78, 5) is 146. The molecule has 1 aliphatic rings. The molecule has 1 saturated heterocycles. The number of benzene rings is 10. The molecule has 10 aromatic rings. The summed E-state index contributed by atoms with van der Waals surface area (Å²) in [5.74, 6) is -49.7. The summed E-state index contributed by atoms with van der Waals surface area (Å²) < 4.78 is 88.6. The number of phenolic OH excluding ortho intramolecular Hbond substituents is 20. The predicted molar refractivity (Wildman–Crippen MR) is 448 cm³/mol. The number of esters is 10. The van der Waals surface area contributed by atoms with Crippen LogP contribution in [0.2, 0.25) is 0 Å². The molecule has 0 aliphatic carbocycles. The highest BCUT2D eigenvalue weighted by Crippen LogP contribution is 2.49. The van der Waals surface area contributed by atoms with E-state index in [1.165, 1.54) is 0 Å². The van der Waals surface area contributed by atoms with Crippen LogP contribution in [0.1, 0.15) is 117 Å². The van der Waals surface area contributed by atoms with Gasteiger partial charge >= 0.3 is 59.7 Å². The standard InChI is InChI=1S/C87H78N4O46/c1-2-7-122-55-24-36(13-43(92)64(55)104)80(115)132-61-30-41(18-49(98)70(61)110)85(120)136-76-75(135-84(119)40-17-48(97)68(108)59(29-40)128-78(113)33-20-51(100)72(52(101)21-33)125-10-5-90)74(134-83(118)39-16-47(96)69(109)60(28-39)131-82(117)38-15-45(94)66(106)57(26-38)124-9-4-89)63(32-127-77(112)35-12-46(95)67(107)58(27-35)130-81(116)37-14-44(93)65(105)56(25-37)123-8-3-88)133-87(76)137-86(121)42-19-50(99)71(111)62(31-42)129-79(114)34-22-53(102)73(54(103)23-34)126-11-6-91/h12-31,63,74-76,87,92-111H,2-11,32,88-91H2,1H3. The maximum atomic E-state index is 15.6. The number of ether oxygens (including phenoxy) is 16. The van der Waals surface area contributed by atoms with Gasteiger partial charge in [0, 0.05) is 26.2 Å².